The Morgan fingerprint density at radius 2 is 2.09 bits per heavy atom. The number of benzene rings is 1. The van der Waals surface area contributed by atoms with Gasteiger partial charge in [-0.25, -0.2) is 0 Å². The second-order valence-electron chi connectivity index (χ2n) is 10.5. The molecule has 186 valence electrons. The second kappa shape index (κ2) is 8.74. The van der Waals surface area contributed by atoms with Gasteiger partial charge in [0, 0.05) is 41.6 Å². The van der Waals surface area contributed by atoms with E-state index in [1.54, 1.807) is 30.3 Å². The second-order valence-corrected chi connectivity index (χ2v) is 10.9. The Morgan fingerprint density at radius 3 is 2.83 bits per heavy atom. The minimum atomic E-state index is -0.871. The average molecular weight is 500 g/mol. The number of carbonyl (C=O) groups excluding carboxylic acids is 2. The maximum absolute atomic E-state index is 13.5. The first kappa shape index (κ1) is 24.0. The van der Waals surface area contributed by atoms with Crippen LogP contribution >= 0.6 is 11.6 Å². The molecule has 35 heavy (non-hydrogen) atoms. The van der Waals surface area contributed by atoms with Crippen LogP contribution in [0.15, 0.2) is 30.6 Å². The summed E-state index contributed by atoms with van der Waals surface area (Å²) in [6.07, 6.45) is 3.99. The van der Waals surface area contributed by atoms with Crippen molar-refractivity contribution in [3.8, 4) is 0 Å². The molecule has 2 aromatic heterocycles. The molecule has 1 aromatic carbocycles. The summed E-state index contributed by atoms with van der Waals surface area (Å²) in [5.74, 6) is -0.381. The van der Waals surface area contributed by atoms with Crippen molar-refractivity contribution in [2.24, 2.45) is 0 Å². The zero-order chi connectivity index (χ0) is 25.0. The number of morpholine rings is 1. The van der Waals surface area contributed by atoms with Crippen LogP contribution in [-0.2, 0) is 14.3 Å². The van der Waals surface area contributed by atoms with Crippen molar-refractivity contribution in [1.29, 1.82) is 0 Å². The number of H-pyrrole nitrogens is 1. The Kier molecular flexibility index (Phi) is 5.99. The number of pyridine rings is 1. The Labute approximate surface area is 208 Å². The fourth-order valence-electron chi connectivity index (χ4n) is 5.03. The number of β-amino-alcohol motifs (C(OH)–C–C–N with tert-alkyl or cyclic N) is 1. The molecule has 2 unspecified atom stereocenters. The third-order valence-corrected chi connectivity index (χ3v) is 7.05. The molecule has 2 aliphatic rings. The number of nitrogens with one attached hydrogen (secondary N) is 2. The molecule has 0 radical (unpaired) electrons. The highest BCUT2D eigenvalue weighted by Crippen LogP contribution is 2.33. The van der Waals surface area contributed by atoms with E-state index < -0.39 is 17.2 Å². The summed E-state index contributed by atoms with van der Waals surface area (Å²) in [4.78, 5) is 37.5. The molecule has 0 bridgehead atoms. The zero-order valence-electron chi connectivity index (χ0n) is 20.1. The van der Waals surface area contributed by atoms with Crippen molar-refractivity contribution >= 4 is 50.9 Å². The van der Waals surface area contributed by atoms with E-state index in [-0.39, 0.29) is 25.0 Å². The molecular weight excluding hydrogens is 470 g/mol. The highest BCUT2D eigenvalue weighted by Gasteiger charge is 2.41. The first-order valence-corrected chi connectivity index (χ1v) is 12.1. The normalized spacial score (nSPS) is 24.8. The van der Waals surface area contributed by atoms with E-state index in [1.807, 2.05) is 30.9 Å². The number of hydrogen-bond acceptors (Lipinski definition) is 6. The van der Waals surface area contributed by atoms with Crippen molar-refractivity contribution in [2.45, 2.75) is 44.4 Å². The summed E-state index contributed by atoms with van der Waals surface area (Å²) in [7, 11) is 0. The van der Waals surface area contributed by atoms with E-state index in [0.29, 0.717) is 36.8 Å². The smallest absolute Gasteiger partial charge is 0.244 e. The summed E-state index contributed by atoms with van der Waals surface area (Å²) in [5.41, 5.74) is 0.784. The number of anilines is 1. The molecular formula is C25H30ClN5O4. The molecule has 9 nitrogen and oxygen atoms in total. The average Bonchev–Trinajstić information content (AvgIpc) is 3.33. The van der Waals surface area contributed by atoms with Crippen LogP contribution in [0.25, 0.3) is 21.8 Å². The molecule has 4 heterocycles. The number of ether oxygens (including phenoxy) is 1. The lowest BCUT2D eigenvalue weighted by Gasteiger charge is -2.43. The van der Waals surface area contributed by atoms with Gasteiger partial charge >= 0.3 is 0 Å². The number of aromatic nitrogens is 2. The van der Waals surface area contributed by atoms with Gasteiger partial charge in [0.05, 0.1) is 47.3 Å². The molecule has 2 fully saturated rings. The highest BCUT2D eigenvalue weighted by molar-refractivity contribution is 6.33. The van der Waals surface area contributed by atoms with Gasteiger partial charge in [0.1, 0.15) is 6.04 Å². The van der Waals surface area contributed by atoms with Gasteiger partial charge in [0.15, 0.2) is 0 Å². The largest absolute Gasteiger partial charge is 0.388 e. The number of fused-ring (bicyclic) bond motifs is 3. The Morgan fingerprint density at radius 1 is 1.29 bits per heavy atom. The van der Waals surface area contributed by atoms with Crippen molar-refractivity contribution in [1.82, 2.24) is 19.8 Å². The predicted molar refractivity (Wildman–Crippen MR) is 134 cm³/mol. The fraction of sp³-hybridized carbons (Fsp3) is 0.480. The number of nitrogens with zero attached hydrogens (tertiary/aromatic N) is 3. The minimum absolute atomic E-state index is 0.0734. The summed E-state index contributed by atoms with van der Waals surface area (Å²) >= 11 is 6.39. The van der Waals surface area contributed by atoms with Crippen molar-refractivity contribution in [3.05, 3.63) is 35.6 Å². The van der Waals surface area contributed by atoms with Gasteiger partial charge in [-0.3, -0.25) is 19.5 Å². The van der Waals surface area contributed by atoms with Gasteiger partial charge in [0.2, 0.25) is 11.8 Å². The van der Waals surface area contributed by atoms with Crippen LogP contribution in [-0.4, -0.2) is 86.7 Å². The van der Waals surface area contributed by atoms with Gasteiger partial charge in [-0.15, -0.1) is 0 Å². The van der Waals surface area contributed by atoms with Crippen LogP contribution in [0.5, 0.6) is 0 Å². The molecule has 2 amide bonds. The zero-order valence-corrected chi connectivity index (χ0v) is 20.9. The molecule has 3 aromatic rings. The van der Waals surface area contributed by atoms with Gasteiger partial charge < -0.3 is 25.0 Å². The van der Waals surface area contributed by atoms with Crippen molar-refractivity contribution < 1.29 is 19.4 Å². The van der Waals surface area contributed by atoms with Crippen LogP contribution in [0.1, 0.15) is 27.2 Å². The SMILES string of the molecule is CC1(O)CCN(C(=O)CN2CC(C)(C)OCC2C(=O)Nc2cc(Cl)cc3c2[nH]c2cnccc23)C1. The maximum atomic E-state index is 13.5. The molecule has 0 saturated carbocycles. The molecule has 2 atom stereocenters. The van der Waals surface area contributed by atoms with Gasteiger partial charge in [0.25, 0.3) is 0 Å². The van der Waals surface area contributed by atoms with E-state index in [9.17, 15) is 14.7 Å². The number of hydrogen-bond donors (Lipinski definition) is 3. The number of rotatable bonds is 4. The van der Waals surface area contributed by atoms with E-state index in [1.165, 1.54) is 0 Å². The summed E-state index contributed by atoms with van der Waals surface area (Å²) in [6.45, 7) is 7.08. The third-order valence-electron chi connectivity index (χ3n) is 6.83. The quantitative estimate of drug-likeness (QED) is 0.509. The lowest BCUT2D eigenvalue weighted by Crippen LogP contribution is -2.60. The van der Waals surface area contributed by atoms with E-state index in [4.69, 9.17) is 16.3 Å². The number of aromatic amines is 1. The summed E-state index contributed by atoms with van der Waals surface area (Å²) < 4.78 is 5.96. The molecule has 0 spiro atoms. The standard InChI is InChI=1S/C25H30ClN5O4/c1-24(2)13-31(11-21(32)30-7-5-25(3,34)14-30)20(12-35-24)23(33)29-18-9-15(26)8-17-16-4-6-27-10-19(16)28-22(17)18/h4,6,8-10,20,28,34H,5,7,11-14H2,1-3H3,(H,29,33). The Bertz CT molecular complexity index is 1300. The van der Waals surface area contributed by atoms with Gasteiger partial charge in [-0.2, -0.15) is 0 Å². The molecule has 0 aliphatic carbocycles. The topological polar surface area (TPSA) is 111 Å². The third kappa shape index (κ3) is 4.86. The Hall–Kier alpha value is -2.72. The first-order valence-electron chi connectivity index (χ1n) is 11.8. The molecule has 2 aliphatic heterocycles. The van der Waals surface area contributed by atoms with Crippen LogP contribution in [0.3, 0.4) is 0 Å². The van der Waals surface area contributed by atoms with E-state index in [0.717, 1.165) is 21.8 Å². The number of amides is 2. The van der Waals surface area contributed by atoms with Crippen LogP contribution in [0.4, 0.5) is 5.69 Å². The number of aliphatic hydroxyl groups is 1. The van der Waals surface area contributed by atoms with E-state index >= 15 is 0 Å². The number of likely N-dealkylation sites (tertiary alicyclic amines) is 1. The van der Waals surface area contributed by atoms with Crippen molar-refractivity contribution in [2.75, 3.05) is 38.1 Å². The van der Waals surface area contributed by atoms with E-state index in [2.05, 4.69) is 15.3 Å². The van der Waals surface area contributed by atoms with Crippen molar-refractivity contribution in [3.63, 3.8) is 0 Å². The molecule has 2 saturated heterocycles. The number of halogens is 1. The lowest BCUT2D eigenvalue weighted by atomic mass is 10.0. The number of carbonyl (C=O) groups is 2. The van der Waals surface area contributed by atoms with Gasteiger partial charge in [-0.1, -0.05) is 11.6 Å². The molecule has 5 rings (SSSR count). The monoisotopic (exact) mass is 499 g/mol. The minimum Gasteiger partial charge on any atom is -0.388 e. The summed E-state index contributed by atoms with van der Waals surface area (Å²) in [5, 5.41) is 15.6. The maximum Gasteiger partial charge on any atom is 0.244 e. The van der Waals surface area contributed by atoms with Gasteiger partial charge in [-0.05, 0) is 45.4 Å². The molecule has 3 N–H and O–H groups in total. The van der Waals surface area contributed by atoms with Crippen LogP contribution < -0.4 is 5.32 Å². The first-order chi connectivity index (χ1) is 16.5. The predicted octanol–water partition coefficient (Wildman–Crippen LogP) is 2.77. The lowest BCUT2D eigenvalue weighted by molar-refractivity contribution is -0.150. The fourth-order valence-corrected chi connectivity index (χ4v) is 5.24. The van der Waals surface area contributed by atoms with Crippen LogP contribution in [0.2, 0.25) is 5.02 Å². The summed E-state index contributed by atoms with van der Waals surface area (Å²) in [6, 6.07) is 4.80. The highest BCUT2D eigenvalue weighted by atomic mass is 35.5. The van der Waals surface area contributed by atoms with Crippen LogP contribution in [0, 0.1) is 0 Å². The Balaban J connectivity index is 1.39. The molecule has 10 heteroatoms.